The molecule has 0 radical (unpaired) electrons. The number of nitrogens with zero attached hydrogens (tertiary/aromatic N) is 3. The molecule has 168 valence electrons. The maximum absolute atomic E-state index is 13.1. The molecule has 2 heterocycles. The molecule has 0 aliphatic carbocycles. The molecule has 10 heteroatoms. The number of nitrogens with one attached hydrogen (secondary N) is 1. The van der Waals surface area contributed by atoms with Gasteiger partial charge in [-0.2, -0.15) is 0 Å². The smallest absolute Gasteiger partial charge is 0.240 e. The molecule has 2 aliphatic heterocycles. The van der Waals surface area contributed by atoms with Gasteiger partial charge in [0.05, 0.1) is 17.4 Å². The van der Waals surface area contributed by atoms with Crippen LogP contribution in [0.25, 0.3) is 0 Å². The van der Waals surface area contributed by atoms with Gasteiger partial charge in [0.2, 0.25) is 21.8 Å². The average molecular weight is 459 g/mol. The van der Waals surface area contributed by atoms with Gasteiger partial charge >= 0.3 is 0 Å². The van der Waals surface area contributed by atoms with Crippen molar-refractivity contribution < 1.29 is 18.0 Å². The van der Waals surface area contributed by atoms with Gasteiger partial charge in [0, 0.05) is 33.1 Å². The fraction of sp³-hybridized carbons (Fsp3) is 0.600. The van der Waals surface area contributed by atoms with E-state index < -0.39 is 10.0 Å². The first-order valence-electron chi connectivity index (χ1n) is 10.1. The summed E-state index contributed by atoms with van der Waals surface area (Å²) in [4.78, 5) is 31.1. The van der Waals surface area contributed by atoms with Gasteiger partial charge in [0.15, 0.2) is 0 Å². The predicted molar refractivity (Wildman–Crippen MR) is 117 cm³/mol. The van der Waals surface area contributed by atoms with Crippen molar-refractivity contribution in [1.29, 1.82) is 0 Å². The van der Waals surface area contributed by atoms with Crippen molar-refractivity contribution in [3.8, 4) is 0 Å². The van der Waals surface area contributed by atoms with Crippen molar-refractivity contribution in [2.75, 3.05) is 46.3 Å². The number of piperazine rings is 1. The number of hydrogen-bond acceptors (Lipinski definition) is 5. The van der Waals surface area contributed by atoms with E-state index in [0.717, 1.165) is 19.6 Å². The lowest BCUT2D eigenvalue weighted by Gasteiger charge is -2.42. The van der Waals surface area contributed by atoms with Crippen LogP contribution in [-0.4, -0.2) is 87.3 Å². The predicted octanol–water partition coefficient (Wildman–Crippen LogP) is 0.714. The first kappa shape index (κ1) is 24.6. The monoisotopic (exact) mass is 458 g/mol. The van der Waals surface area contributed by atoms with Crippen LogP contribution >= 0.6 is 12.4 Å². The summed E-state index contributed by atoms with van der Waals surface area (Å²) in [7, 11) is -2.18. The van der Waals surface area contributed by atoms with Crippen LogP contribution in [0, 0.1) is 0 Å². The molecule has 0 saturated carbocycles. The first-order chi connectivity index (χ1) is 13.8. The number of carbonyl (C=O) groups excluding carboxylic acids is 2. The first-order valence-corrected chi connectivity index (χ1v) is 11.6. The van der Waals surface area contributed by atoms with Crippen LogP contribution in [0.4, 0.5) is 0 Å². The van der Waals surface area contributed by atoms with E-state index in [2.05, 4.69) is 9.62 Å². The standard InChI is InChI=1S/C20H30N4O4S.ClH/c1-16(25)23-10-11-24(18(15-23)14-22-8-3-4-9-22)20(26)13-17-6-5-7-19(12-17)29(27,28)21-2;/h5-7,12,18,21H,3-4,8-11,13-15H2,1-2H3;1H. The van der Waals surface area contributed by atoms with Gasteiger partial charge < -0.3 is 14.7 Å². The Bertz CT molecular complexity index is 858. The van der Waals surface area contributed by atoms with Crippen molar-refractivity contribution in [1.82, 2.24) is 19.4 Å². The minimum absolute atomic E-state index is 0. The topological polar surface area (TPSA) is 90.0 Å². The molecule has 2 aliphatic rings. The van der Waals surface area contributed by atoms with Gasteiger partial charge in [0.1, 0.15) is 0 Å². The third-order valence-electron chi connectivity index (χ3n) is 5.75. The van der Waals surface area contributed by atoms with Gasteiger partial charge in [-0.3, -0.25) is 9.59 Å². The highest BCUT2D eigenvalue weighted by molar-refractivity contribution is 7.89. The van der Waals surface area contributed by atoms with Crippen LogP contribution in [-0.2, 0) is 26.0 Å². The molecule has 0 spiro atoms. The normalized spacial score (nSPS) is 20.1. The molecule has 1 aromatic rings. The second-order valence-corrected chi connectivity index (χ2v) is 9.63. The Labute approximate surface area is 185 Å². The number of likely N-dealkylation sites (tertiary alicyclic amines) is 1. The Morgan fingerprint density at radius 2 is 1.83 bits per heavy atom. The summed E-state index contributed by atoms with van der Waals surface area (Å²) in [5, 5.41) is 0. The van der Waals surface area contributed by atoms with Crippen LogP contribution in [0.2, 0.25) is 0 Å². The fourth-order valence-corrected chi connectivity index (χ4v) is 4.91. The second kappa shape index (κ2) is 10.6. The Balaban J connectivity index is 0.00000320. The highest BCUT2D eigenvalue weighted by Gasteiger charge is 2.33. The van der Waals surface area contributed by atoms with E-state index in [0.29, 0.717) is 25.2 Å². The zero-order chi connectivity index (χ0) is 21.0. The molecule has 1 unspecified atom stereocenters. The molecule has 1 atom stereocenters. The summed E-state index contributed by atoms with van der Waals surface area (Å²) in [6.45, 7) is 5.98. The number of sulfonamides is 1. The molecule has 2 fully saturated rings. The molecule has 3 rings (SSSR count). The number of benzene rings is 1. The van der Waals surface area contributed by atoms with Crippen LogP contribution in [0.3, 0.4) is 0 Å². The summed E-state index contributed by atoms with van der Waals surface area (Å²) in [5.74, 6) is 0.00454. The summed E-state index contributed by atoms with van der Waals surface area (Å²) in [6, 6.07) is 6.45. The Morgan fingerprint density at radius 1 is 1.13 bits per heavy atom. The molecule has 1 N–H and O–H groups in total. The summed E-state index contributed by atoms with van der Waals surface area (Å²) < 4.78 is 26.4. The number of halogens is 1. The van der Waals surface area contributed by atoms with E-state index >= 15 is 0 Å². The Hall–Kier alpha value is -1.68. The van der Waals surface area contributed by atoms with Gasteiger partial charge in [0.25, 0.3) is 0 Å². The van der Waals surface area contributed by atoms with Crippen molar-refractivity contribution >= 4 is 34.2 Å². The largest absolute Gasteiger partial charge is 0.339 e. The van der Waals surface area contributed by atoms with Crippen LogP contribution in [0.5, 0.6) is 0 Å². The number of hydrogen-bond donors (Lipinski definition) is 1. The summed E-state index contributed by atoms with van der Waals surface area (Å²) in [6.07, 6.45) is 2.48. The van der Waals surface area contributed by atoms with Crippen molar-refractivity contribution in [3.63, 3.8) is 0 Å². The van der Waals surface area contributed by atoms with Crippen molar-refractivity contribution in [2.24, 2.45) is 0 Å². The quantitative estimate of drug-likeness (QED) is 0.678. The molecule has 30 heavy (non-hydrogen) atoms. The van der Waals surface area contributed by atoms with E-state index in [-0.39, 0.29) is 41.6 Å². The van der Waals surface area contributed by atoms with Crippen molar-refractivity contribution in [3.05, 3.63) is 29.8 Å². The lowest BCUT2D eigenvalue weighted by molar-refractivity contribution is -0.142. The van der Waals surface area contributed by atoms with Crippen LogP contribution in [0.15, 0.2) is 29.2 Å². The SMILES string of the molecule is CNS(=O)(=O)c1cccc(CC(=O)N2CCN(C(C)=O)CC2CN2CCCC2)c1.Cl. The zero-order valence-electron chi connectivity index (χ0n) is 17.5. The third-order valence-corrected chi connectivity index (χ3v) is 7.16. The summed E-state index contributed by atoms with van der Waals surface area (Å²) >= 11 is 0. The zero-order valence-corrected chi connectivity index (χ0v) is 19.2. The van der Waals surface area contributed by atoms with E-state index in [1.807, 2.05) is 9.80 Å². The van der Waals surface area contributed by atoms with E-state index in [9.17, 15) is 18.0 Å². The molecular formula is C20H31ClN4O4S. The highest BCUT2D eigenvalue weighted by atomic mass is 35.5. The molecule has 2 amide bonds. The maximum Gasteiger partial charge on any atom is 0.240 e. The summed E-state index contributed by atoms with van der Waals surface area (Å²) in [5.41, 5.74) is 0.667. The minimum atomic E-state index is -3.55. The lowest BCUT2D eigenvalue weighted by atomic mass is 10.1. The van der Waals surface area contributed by atoms with E-state index in [1.165, 1.54) is 26.0 Å². The van der Waals surface area contributed by atoms with Gasteiger partial charge in [-0.1, -0.05) is 12.1 Å². The van der Waals surface area contributed by atoms with Gasteiger partial charge in [-0.25, -0.2) is 13.1 Å². The molecule has 0 aromatic heterocycles. The number of amides is 2. The Morgan fingerprint density at radius 3 is 2.47 bits per heavy atom. The van der Waals surface area contributed by atoms with E-state index in [4.69, 9.17) is 0 Å². The molecule has 8 nitrogen and oxygen atoms in total. The van der Waals surface area contributed by atoms with Crippen LogP contribution in [0.1, 0.15) is 25.3 Å². The van der Waals surface area contributed by atoms with Gasteiger partial charge in [-0.05, 0) is 50.7 Å². The highest BCUT2D eigenvalue weighted by Crippen LogP contribution is 2.18. The fourth-order valence-electron chi connectivity index (χ4n) is 4.11. The minimum Gasteiger partial charge on any atom is -0.339 e. The van der Waals surface area contributed by atoms with Gasteiger partial charge in [-0.15, -0.1) is 12.4 Å². The second-order valence-electron chi connectivity index (χ2n) is 7.75. The number of rotatable bonds is 6. The van der Waals surface area contributed by atoms with Crippen molar-refractivity contribution in [2.45, 2.75) is 37.1 Å². The molecule has 1 aromatic carbocycles. The molecule has 0 bridgehead atoms. The lowest BCUT2D eigenvalue weighted by Crippen LogP contribution is -2.59. The molecule has 2 saturated heterocycles. The molecular weight excluding hydrogens is 428 g/mol. The van der Waals surface area contributed by atoms with Crippen LogP contribution < -0.4 is 4.72 Å². The average Bonchev–Trinajstić information content (AvgIpc) is 3.21. The Kier molecular flexibility index (Phi) is 8.66. The maximum atomic E-state index is 13.1. The van der Waals surface area contributed by atoms with E-state index in [1.54, 1.807) is 25.1 Å². The third kappa shape index (κ3) is 5.94. The number of carbonyl (C=O) groups is 2.